The largest absolute Gasteiger partial charge is 0.293 e. The van der Waals surface area contributed by atoms with Crippen molar-refractivity contribution in [2.24, 2.45) is 0 Å². The molecule has 0 saturated carbocycles. The highest BCUT2D eigenvalue weighted by molar-refractivity contribution is 7.15. The maximum atomic E-state index is 12.3. The highest BCUT2D eigenvalue weighted by atomic mass is 35.5. The first kappa shape index (κ1) is 20.5. The highest BCUT2D eigenvalue weighted by Crippen LogP contribution is 2.30. The zero-order valence-electron chi connectivity index (χ0n) is 15.7. The average Bonchev–Trinajstić information content (AvgIpc) is 2.99. The number of terminal acetylenes is 1. The molecular formula is C23H25ClOS. The third kappa shape index (κ3) is 5.10. The van der Waals surface area contributed by atoms with E-state index in [0.717, 1.165) is 62.7 Å². The lowest BCUT2D eigenvalue weighted by atomic mass is 9.96. The van der Waals surface area contributed by atoms with Crippen LogP contribution in [0.4, 0.5) is 0 Å². The van der Waals surface area contributed by atoms with E-state index in [2.05, 4.69) is 19.8 Å². The van der Waals surface area contributed by atoms with Gasteiger partial charge >= 0.3 is 0 Å². The standard InChI is InChI=1S/C23H25ClOS/c1-5-8-10-21(25)23-13-16(4)22(26-23)15-17(7-3)20-12-11-19(24)14-18(20)9-6-2/h3,11-15H,5-6,8-10H2,1-2,4H3/b17-15+. The molecule has 0 saturated heterocycles. The number of carbonyl (C=O) groups is 1. The monoisotopic (exact) mass is 384 g/mol. The van der Waals surface area contributed by atoms with E-state index >= 15 is 0 Å². The number of allylic oxidation sites excluding steroid dienone is 1. The van der Waals surface area contributed by atoms with Crippen molar-refractivity contribution in [1.82, 2.24) is 0 Å². The van der Waals surface area contributed by atoms with Gasteiger partial charge in [0.15, 0.2) is 5.78 Å². The third-order valence-corrected chi connectivity index (χ3v) is 5.76. The molecular weight excluding hydrogens is 360 g/mol. The summed E-state index contributed by atoms with van der Waals surface area (Å²) in [5, 5.41) is 0.727. The molecule has 1 aromatic heterocycles. The number of thiophene rings is 1. The maximum Gasteiger partial charge on any atom is 0.172 e. The number of rotatable bonds is 8. The molecule has 1 heterocycles. The number of benzene rings is 1. The number of carbonyl (C=O) groups excluding carboxylic acids is 1. The molecule has 0 bridgehead atoms. The molecule has 26 heavy (non-hydrogen) atoms. The molecule has 136 valence electrons. The van der Waals surface area contributed by atoms with Gasteiger partial charge in [-0.15, -0.1) is 17.8 Å². The van der Waals surface area contributed by atoms with Crippen LogP contribution in [0.1, 0.15) is 70.8 Å². The van der Waals surface area contributed by atoms with Crippen LogP contribution in [0.5, 0.6) is 0 Å². The lowest BCUT2D eigenvalue weighted by Crippen LogP contribution is -1.94. The molecule has 0 atom stereocenters. The van der Waals surface area contributed by atoms with Crippen LogP contribution in [-0.2, 0) is 6.42 Å². The fourth-order valence-electron chi connectivity index (χ4n) is 2.87. The van der Waals surface area contributed by atoms with E-state index in [-0.39, 0.29) is 5.78 Å². The zero-order valence-corrected chi connectivity index (χ0v) is 17.3. The first-order valence-electron chi connectivity index (χ1n) is 9.10. The van der Waals surface area contributed by atoms with Crippen molar-refractivity contribution in [3.63, 3.8) is 0 Å². The Kier molecular flexibility index (Phi) is 7.69. The van der Waals surface area contributed by atoms with Crippen LogP contribution in [0.15, 0.2) is 24.3 Å². The molecule has 3 heteroatoms. The predicted octanol–water partition coefficient (Wildman–Crippen LogP) is 7.21. The number of ketones is 1. The molecule has 0 fully saturated rings. The smallest absolute Gasteiger partial charge is 0.172 e. The number of unbranched alkanes of at least 4 members (excludes halogenated alkanes) is 1. The molecule has 0 unspecified atom stereocenters. The Labute approximate surface area is 166 Å². The number of halogens is 1. The summed E-state index contributed by atoms with van der Waals surface area (Å²) in [5.74, 6) is 3.05. The van der Waals surface area contributed by atoms with E-state index in [0.29, 0.717) is 6.42 Å². The Balaban J connectivity index is 2.40. The van der Waals surface area contributed by atoms with E-state index in [1.54, 1.807) is 0 Å². The fourth-order valence-corrected chi connectivity index (χ4v) is 4.15. The zero-order chi connectivity index (χ0) is 19.1. The summed E-state index contributed by atoms with van der Waals surface area (Å²) < 4.78 is 0. The quantitative estimate of drug-likeness (QED) is 0.347. The van der Waals surface area contributed by atoms with Crippen molar-refractivity contribution in [1.29, 1.82) is 0 Å². The van der Waals surface area contributed by atoms with Crippen LogP contribution >= 0.6 is 22.9 Å². The molecule has 0 aliphatic carbocycles. The molecule has 0 aliphatic heterocycles. The van der Waals surface area contributed by atoms with E-state index in [4.69, 9.17) is 18.0 Å². The van der Waals surface area contributed by atoms with E-state index < -0.39 is 0 Å². The van der Waals surface area contributed by atoms with Gasteiger partial charge in [0.25, 0.3) is 0 Å². The van der Waals surface area contributed by atoms with Gasteiger partial charge in [-0.1, -0.05) is 50.3 Å². The van der Waals surface area contributed by atoms with Gasteiger partial charge in [0, 0.05) is 21.9 Å². The topological polar surface area (TPSA) is 17.1 Å². The average molecular weight is 385 g/mol. The van der Waals surface area contributed by atoms with Crippen LogP contribution in [0.2, 0.25) is 5.02 Å². The van der Waals surface area contributed by atoms with Gasteiger partial charge in [0.1, 0.15) is 0 Å². The van der Waals surface area contributed by atoms with Crippen LogP contribution < -0.4 is 0 Å². The maximum absolute atomic E-state index is 12.3. The second kappa shape index (κ2) is 9.76. The Bertz CT molecular complexity index is 852. The van der Waals surface area contributed by atoms with Crippen molar-refractivity contribution < 1.29 is 4.79 Å². The minimum Gasteiger partial charge on any atom is -0.293 e. The minimum absolute atomic E-state index is 0.222. The third-order valence-electron chi connectivity index (χ3n) is 4.30. The van der Waals surface area contributed by atoms with Crippen molar-refractivity contribution >= 4 is 40.4 Å². The summed E-state index contributed by atoms with van der Waals surface area (Å²) in [5.41, 5.74) is 4.14. The van der Waals surface area contributed by atoms with E-state index in [1.165, 1.54) is 11.3 Å². The Morgan fingerprint density at radius 3 is 2.69 bits per heavy atom. The molecule has 0 aliphatic rings. The van der Waals surface area contributed by atoms with Gasteiger partial charge in [0.05, 0.1) is 4.88 Å². The molecule has 2 aromatic rings. The first-order valence-corrected chi connectivity index (χ1v) is 10.3. The number of Topliss-reactive ketones (excluding diaryl/α,β-unsaturated/α-hetero) is 1. The number of hydrogen-bond donors (Lipinski definition) is 0. The second-order valence-electron chi connectivity index (χ2n) is 6.44. The van der Waals surface area contributed by atoms with Gasteiger partial charge in [-0.25, -0.2) is 0 Å². The van der Waals surface area contributed by atoms with Crippen LogP contribution in [0.3, 0.4) is 0 Å². The molecule has 1 nitrogen and oxygen atoms in total. The molecule has 0 radical (unpaired) electrons. The van der Waals surface area contributed by atoms with E-state index in [1.807, 2.05) is 37.3 Å². The lowest BCUT2D eigenvalue weighted by Gasteiger charge is -2.09. The summed E-state index contributed by atoms with van der Waals surface area (Å²) in [6.07, 6.45) is 12.4. The van der Waals surface area contributed by atoms with E-state index in [9.17, 15) is 4.79 Å². The normalized spacial score (nSPS) is 11.4. The van der Waals surface area contributed by atoms with Crippen molar-refractivity contribution in [3.8, 4) is 12.3 Å². The summed E-state index contributed by atoms with van der Waals surface area (Å²) >= 11 is 7.69. The molecule has 1 aromatic carbocycles. The fraction of sp³-hybridized carbons (Fsp3) is 0.348. The highest BCUT2D eigenvalue weighted by Gasteiger charge is 2.13. The molecule has 0 spiro atoms. The van der Waals surface area contributed by atoms with Crippen LogP contribution in [-0.4, -0.2) is 5.78 Å². The summed E-state index contributed by atoms with van der Waals surface area (Å²) in [4.78, 5) is 14.2. The summed E-state index contributed by atoms with van der Waals surface area (Å²) in [7, 11) is 0. The van der Waals surface area contributed by atoms with Gasteiger partial charge in [0.2, 0.25) is 0 Å². The van der Waals surface area contributed by atoms with Gasteiger partial charge < -0.3 is 0 Å². The Morgan fingerprint density at radius 1 is 1.27 bits per heavy atom. The van der Waals surface area contributed by atoms with Crippen molar-refractivity contribution in [2.45, 2.75) is 52.9 Å². The molecule has 0 N–H and O–H groups in total. The molecule has 2 rings (SSSR count). The number of hydrogen-bond acceptors (Lipinski definition) is 2. The number of aryl methyl sites for hydroxylation is 2. The molecule has 0 amide bonds. The second-order valence-corrected chi connectivity index (χ2v) is 7.96. The summed E-state index contributed by atoms with van der Waals surface area (Å²) in [6, 6.07) is 7.85. The van der Waals surface area contributed by atoms with Crippen molar-refractivity contribution in [3.05, 3.63) is 55.7 Å². The Morgan fingerprint density at radius 2 is 2.04 bits per heavy atom. The SMILES string of the molecule is C#C/C(=C\c1sc(C(=O)CCCC)cc1C)c1ccc(Cl)cc1CCC. The minimum atomic E-state index is 0.222. The predicted molar refractivity (Wildman–Crippen MR) is 115 cm³/mol. The summed E-state index contributed by atoms with van der Waals surface area (Å²) in [6.45, 7) is 6.27. The lowest BCUT2D eigenvalue weighted by molar-refractivity contribution is 0.0983. The van der Waals surface area contributed by atoms with Crippen LogP contribution in [0.25, 0.3) is 11.6 Å². The van der Waals surface area contributed by atoms with Gasteiger partial charge in [-0.05, 0) is 60.7 Å². The Hall–Kier alpha value is -1.82. The first-order chi connectivity index (χ1) is 12.5. The van der Waals surface area contributed by atoms with Gasteiger partial charge in [-0.3, -0.25) is 4.79 Å². The van der Waals surface area contributed by atoms with Crippen molar-refractivity contribution in [2.75, 3.05) is 0 Å². The van der Waals surface area contributed by atoms with Gasteiger partial charge in [-0.2, -0.15) is 0 Å². The van der Waals surface area contributed by atoms with Crippen LogP contribution in [0, 0.1) is 19.3 Å².